The van der Waals surface area contributed by atoms with Gasteiger partial charge in [0.2, 0.25) is 5.91 Å². The van der Waals surface area contributed by atoms with Gasteiger partial charge in [0.25, 0.3) is 5.56 Å². The van der Waals surface area contributed by atoms with Crippen LogP contribution >= 0.6 is 46.4 Å². The van der Waals surface area contributed by atoms with Crippen LogP contribution in [0.3, 0.4) is 0 Å². The maximum absolute atomic E-state index is 15.2. The van der Waals surface area contributed by atoms with E-state index in [4.69, 9.17) is 57.1 Å². The maximum atomic E-state index is 15.2. The monoisotopic (exact) mass is 731 g/mol. The molecule has 5 rings (SSSR count). The summed E-state index contributed by atoms with van der Waals surface area (Å²) in [6.07, 6.45) is 5.08. The lowest BCUT2D eigenvalue weighted by molar-refractivity contribution is -0.130. The average Bonchev–Trinajstić information content (AvgIpc) is 3.03. The lowest BCUT2D eigenvalue weighted by Gasteiger charge is -2.45. The number of anilines is 2. The molecular formula is C34H34Cl4FN7O2. The van der Waals surface area contributed by atoms with Gasteiger partial charge in [-0.05, 0) is 56.7 Å². The van der Waals surface area contributed by atoms with Crippen LogP contribution in [0.1, 0.15) is 40.2 Å². The number of pyridine rings is 2. The molecule has 3 aromatic rings. The molecule has 2 aliphatic rings. The highest BCUT2D eigenvalue weighted by Gasteiger charge is 2.37. The summed E-state index contributed by atoms with van der Waals surface area (Å²) in [6.45, 7) is 13.9. The number of nitriles is 1. The predicted octanol–water partition coefficient (Wildman–Crippen LogP) is 7.60. The number of allylic oxidation sites excluding steroid dienone is 2. The molecule has 0 saturated carbocycles. The minimum Gasteiger partial charge on any atom is -0.396 e. The molecule has 0 radical (unpaired) electrons. The van der Waals surface area contributed by atoms with Crippen LogP contribution in [0, 0.1) is 23.1 Å². The average molecular weight is 734 g/mol. The molecular weight excluding hydrogens is 699 g/mol. The number of rotatable bonds is 5. The molecule has 2 N–H and O–H groups in total. The van der Waals surface area contributed by atoms with Gasteiger partial charge in [-0.3, -0.25) is 14.2 Å². The highest BCUT2D eigenvalue weighted by atomic mass is 35.5. The lowest BCUT2D eigenvalue weighted by Crippen LogP contribution is -2.58. The first-order chi connectivity index (χ1) is 22.6. The van der Waals surface area contributed by atoms with Gasteiger partial charge < -0.3 is 20.4 Å². The molecule has 0 aliphatic carbocycles. The van der Waals surface area contributed by atoms with Crippen molar-refractivity contribution >= 4 is 80.4 Å². The molecule has 48 heavy (non-hydrogen) atoms. The zero-order valence-electron chi connectivity index (χ0n) is 27.2. The van der Waals surface area contributed by atoms with Gasteiger partial charge in [0.1, 0.15) is 17.3 Å². The van der Waals surface area contributed by atoms with E-state index in [9.17, 15) is 14.9 Å². The van der Waals surface area contributed by atoms with Gasteiger partial charge in [0, 0.05) is 43.2 Å². The van der Waals surface area contributed by atoms with E-state index in [1.807, 2.05) is 63.7 Å². The molecule has 9 nitrogen and oxygen atoms in total. The number of piperazine rings is 1. The largest absolute Gasteiger partial charge is 0.396 e. The minimum absolute atomic E-state index is 0.0116. The van der Waals surface area contributed by atoms with Crippen LogP contribution in [-0.2, 0) is 4.79 Å². The van der Waals surface area contributed by atoms with E-state index < -0.39 is 22.1 Å². The number of carbonyl (C=O) groups is 1. The lowest BCUT2D eigenvalue weighted by atomic mass is 9.93. The number of benzene rings is 1. The van der Waals surface area contributed by atoms with Crippen LogP contribution in [0.4, 0.5) is 15.8 Å². The standard InChI is InChI=1S/C34H34Cl4FN7O2/c1-8-22(47)45-17(5)13-44(14-18(45)6)32-19-11-21(35)29(23-24(36)25(37)26(38)27(39)28(23)41)42-33(19)46(34(48)20(32)12-40)31-16(4)9-10-43(7)30(31)15(2)3/h8-11,15,17-18,30H,1,13-14,41H2,2-7H3/t17-,18+,30?. The molecule has 0 bridgehead atoms. The number of carbonyl (C=O) groups excluding carboxylic acids is 1. The molecule has 1 amide bonds. The molecule has 252 valence electrons. The van der Waals surface area contributed by atoms with E-state index in [0.717, 1.165) is 5.57 Å². The van der Waals surface area contributed by atoms with Gasteiger partial charge in [-0.1, -0.05) is 66.8 Å². The Hall–Kier alpha value is -3.75. The van der Waals surface area contributed by atoms with Crippen molar-refractivity contribution in [3.63, 3.8) is 0 Å². The van der Waals surface area contributed by atoms with Crippen molar-refractivity contribution in [1.29, 1.82) is 5.26 Å². The molecule has 1 aromatic carbocycles. The number of fused-ring (bicyclic) bond motifs is 1. The first-order valence-electron chi connectivity index (χ1n) is 15.2. The van der Waals surface area contributed by atoms with Crippen molar-refractivity contribution in [3.05, 3.63) is 78.4 Å². The summed E-state index contributed by atoms with van der Waals surface area (Å²) in [7, 11) is 1.90. The first-order valence-corrected chi connectivity index (χ1v) is 16.7. The number of nitrogens with two attached hydrogens (primary N) is 1. The fourth-order valence-corrected chi connectivity index (χ4v) is 7.90. The van der Waals surface area contributed by atoms with Crippen molar-refractivity contribution < 1.29 is 9.18 Å². The molecule has 1 saturated heterocycles. The summed E-state index contributed by atoms with van der Waals surface area (Å²) in [5.41, 5.74) is 6.78. The Bertz CT molecular complexity index is 2010. The smallest absolute Gasteiger partial charge is 0.276 e. The summed E-state index contributed by atoms with van der Waals surface area (Å²) >= 11 is 25.9. The summed E-state index contributed by atoms with van der Waals surface area (Å²) in [5.74, 6) is -1.19. The van der Waals surface area contributed by atoms with Crippen LogP contribution < -0.4 is 16.2 Å². The summed E-state index contributed by atoms with van der Waals surface area (Å²) < 4.78 is 16.6. The number of amides is 1. The van der Waals surface area contributed by atoms with Gasteiger partial charge in [-0.2, -0.15) is 5.26 Å². The molecule has 2 aromatic heterocycles. The normalized spacial score (nSPS) is 19.8. The number of hydrogen-bond donors (Lipinski definition) is 1. The van der Waals surface area contributed by atoms with E-state index in [1.165, 1.54) is 10.6 Å². The third kappa shape index (κ3) is 5.61. The number of likely N-dealkylation sites (N-methyl/N-ethyl adjacent to an activating group) is 1. The third-order valence-corrected chi connectivity index (χ3v) is 10.5. The predicted molar refractivity (Wildman–Crippen MR) is 193 cm³/mol. The highest BCUT2D eigenvalue weighted by molar-refractivity contribution is 6.50. The zero-order chi connectivity index (χ0) is 35.5. The molecule has 1 fully saturated rings. The molecule has 1 unspecified atom stereocenters. The van der Waals surface area contributed by atoms with Gasteiger partial charge in [-0.15, -0.1) is 0 Å². The molecule has 2 aliphatic heterocycles. The van der Waals surface area contributed by atoms with E-state index in [1.54, 1.807) is 11.0 Å². The first kappa shape index (κ1) is 35.6. The Morgan fingerprint density at radius 1 is 1.17 bits per heavy atom. The van der Waals surface area contributed by atoms with Crippen LogP contribution in [0.2, 0.25) is 20.1 Å². The van der Waals surface area contributed by atoms with Crippen molar-refractivity contribution in [2.75, 3.05) is 30.8 Å². The fraction of sp³-hybridized carbons (Fsp3) is 0.353. The SMILES string of the molecule is C=CC(=O)N1[C@H](C)CN(c2c(C#N)c(=O)n(C3=C(C)C=CN(C)C3C(C)C)c3nc(-c4c(N)c(F)c(Cl)c(Cl)c4Cl)c(Cl)cc23)C[C@@H]1C. The molecule has 0 spiro atoms. The Morgan fingerprint density at radius 3 is 2.35 bits per heavy atom. The number of nitrogens with zero attached hydrogens (tertiary/aromatic N) is 6. The van der Waals surface area contributed by atoms with Crippen LogP contribution in [0.5, 0.6) is 0 Å². The molecule has 4 heterocycles. The van der Waals surface area contributed by atoms with Crippen molar-refractivity contribution in [3.8, 4) is 17.3 Å². The fourth-order valence-electron chi connectivity index (χ4n) is 6.95. The number of halogens is 5. The summed E-state index contributed by atoms with van der Waals surface area (Å²) in [4.78, 5) is 38.0. The van der Waals surface area contributed by atoms with Crippen LogP contribution in [0.15, 0.2) is 41.4 Å². The highest BCUT2D eigenvalue weighted by Crippen LogP contribution is 2.47. The van der Waals surface area contributed by atoms with E-state index in [2.05, 4.69) is 12.6 Å². The Kier molecular flexibility index (Phi) is 9.84. The molecule has 14 heteroatoms. The molecule has 3 atom stereocenters. The second-order valence-corrected chi connectivity index (χ2v) is 14.0. The van der Waals surface area contributed by atoms with E-state index in [-0.39, 0.29) is 67.5 Å². The van der Waals surface area contributed by atoms with Crippen molar-refractivity contribution in [1.82, 2.24) is 19.4 Å². The van der Waals surface area contributed by atoms with E-state index in [0.29, 0.717) is 29.9 Å². The Morgan fingerprint density at radius 2 is 1.79 bits per heavy atom. The third-order valence-electron chi connectivity index (χ3n) is 8.95. The number of aromatic nitrogens is 2. The number of nitrogen functional groups attached to an aromatic ring is 1. The number of hydrogen-bond acceptors (Lipinski definition) is 7. The second-order valence-electron chi connectivity index (χ2n) is 12.5. The van der Waals surface area contributed by atoms with Gasteiger partial charge >= 0.3 is 0 Å². The zero-order valence-corrected chi connectivity index (χ0v) is 30.2. The minimum atomic E-state index is -0.996. The van der Waals surface area contributed by atoms with Gasteiger partial charge in [0.15, 0.2) is 5.82 Å². The van der Waals surface area contributed by atoms with Gasteiger partial charge in [-0.25, -0.2) is 9.37 Å². The quantitative estimate of drug-likeness (QED) is 0.125. The second kappa shape index (κ2) is 13.3. The topological polar surface area (TPSA) is 111 Å². The van der Waals surface area contributed by atoms with Crippen molar-refractivity contribution in [2.45, 2.75) is 52.7 Å². The summed E-state index contributed by atoms with van der Waals surface area (Å²) in [5, 5.41) is 10.1. The summed E-state index contributed by atoms with van der Waals surface area (Å²) in [6, 6.07) is 2.85. The Labute approximate surface area is 298 Å². The Balaban J connectivity index is 1.94. The van der Waals surface area contributed by atoms with Crippen LogP contribution in [-0.4, -0.2) is 63.5 Å². The van der Waals surface area contributed by atoms with Crippen LogP contribution in [0.25, 0.3) is 28.0 Å². The van der Waals surface area contributed by atoms with E-state index >= 15 is 4.39 Å². The maximum Gasteiger partial charge on any atom is 0.276 e. The van der Waals surface area contributed by atoms with Gasteiger partial charge in [0.05, 0.1) is 48.9 Å². The van der Waals surface area contributed by atoms with Crippen molar-refractivity contribution in [2.24, 2.45) is 5.92 Å².